The van der Waals surface area contributed by atoms with Crippen LogP contribution in [-0.2, 0) is 0 Å². The van der Waals surface area contributed by atoms with E-state index in [1.807, 2.05) is 0 Å². The second-order valence-electron chi connectivity index (χ2n) is 6.52. The normalized spacial score (nSPS) is 21.7. The van der Waals surface area contributed by atoms with Gasteiger partial charge >= 0.3 is 0 Å². The van der Waals surface area contributed by atoms with E-state index < -0.39 is 0 Å². The first kappa shape index (κ1) is 16.5. The van der Waals surface area contributed by atoms with Gasteiger partial charge in [-0.05, 0) is 45.6 Å². The molecule has 0 bridgehead atoms. The fraction of sp³-hybridized carbons (Fsp3) is 0.938. The van der Waals surface area contributed by atoms with Crippen molar-refractivity contribution in [3.05, 3.63) is 0 Å². The first-order chi connectivity index (χ1) is 8.94. The van der Waals surface area contributed by atoms with E-state index >= 15 is 0 Å². The fourth-order valence-electron chi connectivity index (χ4n) is 2.69. The van der Waals surface area contributed by atoms with Crippen molar-refractivity contribution in [1.82, 2.24) is 10.2 Å². The molecule has 0 saturated heterocycles. The van der Waals surface area contributed by atoms with Gasteiger partial charge < -0.3 is 4.90 Å². The molecule has 3 heteroatoms. The summed E-state index contributed by atoms with van der Waals surface area (Å²) in [5.74, 6) is 0.729. The zero-order valence-electron chi connectivity index (χ0n) is 13.4. The minimum absolute atomic E-state index is 0.372. The molecular formula is C16H31N3. The van der Waals surface area contributed by atoms with Gasteiger partial charge in [-0.2, -0.15) is 5.26 Å². The summed E-state index contributed by atoms with van der Waals surface area (Å²) in [7, 11) is 0. The Morgan fingerprint density at radius 3 is 2.42 bits per heavy atom. The molecule has 0 aromatic heterocycles. The van der Waals surface area contributed by atoms with Gasteiger partial charge in [-0.25, -0.2) is 0 Å². The van der Waals surface area contributed by atoms with Crippen molar-refractivity contribution in [2.75, 3.05) is 13.1 Å². The summed E-state index contributed by atoms with van der Waals surface area (Å²) >= 11 is 0. The van der Waals surface area contributed by atoms with Crippen LogP contribution in [-0.4, -0.2) is 35.6 Å². The van der Waals surface area contributed by atoms with E-state index in [4.69, 9.17) is 0 Å². The molecule has 1 saturated carbocycles. The molecule has 0 aromatic carbocycles. The number of nitrogens with one attached hydrogen (secondary N) is 1. The second kappa shape index (κ2) is 7.26. The largest absolute Gasteiger partial charge is 0.301 e. The summed E-state index contributed by atoms with van der Waals surface area (Å²) in [6, 6.07) is 3.53. The number of nitriles is 1. The average Bonchev–Trinajstić information content (AvgIpc) is 3.18. The Kier molecular flexibility index (Phi) is 6.29. The highest BCUT2D eigenvalue weighted by Crippen LogP contribution is 2.25. The zero-order valence-corrected chi connectivity index (χ0v) is 13.4. The second-order valence-corrected chi connectivity index (χ2v) is 6.52. The Hall–Kier alpha value is -0.590. The number of nitrogens with zero attached hydrogens (tertiary/aromatic N) is 2. The van der Waals surface area contributed by atoms with Gasteiger partial charge in [0, 0.05) is 18.6 Å². The van der Waals surface area contributed by atoms with E-state index in [-0.39, 0.29) is 5.54 Å². The zero-order chi connectivity index (χ0) is 14.5. The van der Waals surface area contributed by atoms with Gasteiger partial charge in [0.2, 0.25) is 0 Å². The lowest BCUT2D eigenvalue weighted by molar-refractivity contribution is 0.160. The molecule has 1 rings (SSSR count). The summed E-state index contributed by atoms with van der Waals surface area (Å²) in [5.41, 5.74) is -0.372. The Labute approximate surface area is 119 Å². The van der Waals surface area contributed by atoms with Crippen LogP contribution in [0.1, 0.15) is 60.3 Å². The summed E-state index contributed by atoms with van der Waals surface area (Å²) in [6.45, 7) is 13.3. The van der Waals surface area contributed by atoms with Crippen molar-refractivity contribution in [1.29, 1.82) is 5.26 Å². The maximum absolute atomic E-state index is 9.46. The van der Waals surface area contributed by atoms with Crippen LogP contribution >= 0.6 is 0 Å². The lowest BCUT2D eigenvalue weighted by Gasteiger charge is -2.35. The minimum Gasteiger partial charge on any atom is -0.301 e. The van der Waals surface area contributed by atoms with E-state index in [1.54, 1.807) is 0 Å². The van der Waals surface area contributed by atoms with E-state index in [9.17, 15) is 5.26 Å². The Balaban J connectivity index is 2.53. The van der Waals surface area contributed by atoms with E-state index in [0.29, 0.717) is 12.1 Å². The van der Waals surface area contributed by atoms with Gasteiger partial charge in [0.15, 0.2) is 0 Å². The molecule has 1 N–H and O–H groups in total. The van der Waals surface area contributed by atoms with Gasteiger partial charge in [0.1, 0.15) is 5.54 Å². The first-order valence-electron chi connectivity index (χ1n) is 7.87. The lowest BCUT2D eigenvalue weighted by atomic mass is 9.93. The number of rotatable bonds is 9. The fourth-order valence-corrected chi connectivity index (χ4v) is 2.69. The number of hydrogen-bond donors (Lipinski definition) is 1. The molecule has 3 unspecified atom stereocenters. The van der Waals surface area contributed by atoms with E-state index in [1.165, 1.54) is 19.3 Å². The highest BCUT2D eigenvalue weighted by atomic mass is 15.2. The molecular weight excluding hydrogens is 234 g/mol. The predicted molar refractivity (Wildman–Crippen MR) is 81.0 cm³/mol. The number of hydrogen-bond acceptors (Lipinski definition) is 3. The Morgan fingerprint density at radius 2 is 2.00 bits per heavy atom. The molecule has 19 heavy (non-hydrogen) atoms. The standard InChI is InChI=1S/C16H31N3/c1-6-13(3)11-19(7-2)14(4)10-16(5,12-17)18-15-8-9-15/h13-15,18H,6-11H2,1-5H3. The summed E-state index contributed by atoms with van der Waals surface area (Å²) < 4.78 is 0. The lowest BCUT2D eigenvalue weighted by Crippen LogP contribution is -2.48. The van der Waals surface area contributed by atoms with Crippen molar-refractivity contribution in [2.24, 2.45) is 5.92 Å². The van der Waals surface area contributed by atoms with Crippen LogP contribution in [0.3, 0.4) is 0 Å². The van der Waals surface area contributed by atoms with Crippen LogP contribution in [0.4, 0.5) is 0 Å². The molecule has 1 aliphatic rings. The van der Waals surface area contributed by atoms with Gasteiger partial charge in [-0.1, -0.05) is 27.2 Å². The molecule has 0 heterocycles. The van der Waals surface area contributed by atoms with Crippen LogP contribution < -0.4 is 5.32 Å². The molecule has 0 radical (unpaired) electrons. The molecule has 3 atom stereocenters. The predicted octanol–water partition coefficient (Wildman–Crippen LogP) is 3.17. The molecule has 110 valence electrons. The highest BCUT2D eigenvalue weighted by molar-refractivity contribution is 5.08. The van der Waals surface area contributed by atoms with Gasteiger partial charge in [-0.3, -0.25) is 5.32 Å². The Morgan fingerprint density at radius 1 is 1.37 bits per heavy atom. The van der Waals surface area contributed by atoms with Crippen LogP contribution in [0, 0.1) is 17.2 Å². The molecule has 1 aliphatic carbocycles. The van der Waals surface area contributed by atoms with Crippen LogP contribution in [0.5, 0.6) is 0 Å². The molecule has 0 spiro atoms. The van der Waals surface area contributed by atoms with Crippen molar-refractivity contribution < 1.29 is 0 Å². The Bertz CT molecular complexity index is 306. The van der Waals surface area contributed by atoms with E-state index in [0.717, 1.165) is 25.4 Å². The van der Waals surface area contributed by atoms with Gasteiger partial charge in [0.25, 0.3) is 0 Å². The van der Waals surface area contributed by atoms with Gasteiger partial charge in [0.05, 0.1) is 6.07 Å². The van der Waals surface area contributed by atoms with E-state index in [2.05, 4.69) is 50.9 Å². The topological polar surface area (TPSA) is 39.1 Å². The van der Waals surface area contributed by atoms with Crippen LogP contribution in [0.25, 0.3) is 0 Å². The first-order valence-corrected chi connectivity index (χ1v) is 7.87. The molecule has 0 amide bonds. The minimum atomic E-state index is -0.372. The van der Waals surface area contributed by atoms with Crippen molar-refractivity contribution in [2.45, 2.75) is 77.9 Å². The third-order valence-electron chi connectivity index (χ3n) is 4.32. The summed E-state index contributed by atoms with van der Waals surface area (Å²) in [4.78, 5) is 2.51. The molecule has 1 fully saturated rings. The molecule has 3 nitrogen and oxygen atoms in total. The quantitative estimate of drug-likeness (QED) is 0.696. The van der Waals surface area contributed by atoms with Crippen molar-refractivity contribution in [3.8, 4) is 6.07 Å². The SMILES string of the molecule is CCC(C)CN(CC)C(C)CC(C)(C#N)NC1CC1. The van der Waals surface area contributed by atoms with Crippen LogP contribution in [0.15, 0.2) is 0 Å². The molecule has 0 aromatic rings. The average molecular weight is 265 g/mol. The summed E-state index contributed by atoms with van der Waals surface area (Å²) in [6.07, 6.45) is 4.59. The maximum Gasteiger partial charge on any atom is 0.105 e. The smallest absolute Gasteiger partial charge is 0.105 e. The monoisotopic (exact) mass is 265 g/mol. The molecule has 0 aliphatic heterocycles. The third-order valence-corrected chi connectivity index (χ3v) is 4.32. The van der Waals surface area contributed by atoms with Crippen molar-refractivity contribution >= 4 is 0 Å². The maximum atomic E-state index is 9.46. The highest BCUT2D eigenvalue weighted by Gasteiger charge is 2.34. The van der Waals surface area contributed by atoms with Gasteiger partial charge in [-0.15, -0.1) is 0 Å². The summed E-state index contributed by atoms with van der Waals surface area (Å²) in [5, 5.41) is 13.0. The van der Waals surface area contributed by atoms with Crippen molar-refractivity contribution in [3.63, 3.8) is 0 Å². The third kappa shape index (κ3) is 5.50. The van der Waals surface area contributed by atoms with Crippen LogP contribution in [0.2, 0.25) is 0 Å².